The first-order chi connectivity index (χ1) is 7.93. The number of benzene rings is 2. The molecule has 0 spiro atoms. The average molecular weight is 207 g/mol. The molecule has 0 amide bonds. The summed E-state index contributed by atoms with van der Waals surface area (Å²) in [6.45, 7) is 1.09. The summed E-state index contributed by atoms with van der Waals surface area (Å²) in [4.78, 5) is 0. The van der Waals surface area contributed by atoms with Gasteiger partial charge < -0.3 is 5.32 Å². The van der Waals surface area contributed by atoms with Crippen molar-refractivity contribution in [1.29, 1.82) is 0 Å². The predicted molar refractivity (Wildman–Crippen MR) is 68.8 cm³/mol. The van der Waals surface area contributed by atoms with Gasteiger partial charge in [0.15, 0.2) is 0 Å². The van der Waals surface area contributed by atoms with Gasteiger partial charge in [-0.3, -0.25) is 0 Å². The molecule has 0 bridgehead atoms. The van der Waals surface area contributed by atoms with Gasteiger partial charge in [-0.2, -0.15) is 0 Å². The number of hydrogen-bond acceptors (Lipinski definition) is 1. The molecule has 1 heterocycles. The van der Waals surface area contributed by atoms with Crippen molar-refractivity contribution < 1.29 is 0 Å². The monoisotopic (exact) mass is 207 g/mol. The van der Waals surface area contributed by atoms with Crippen molar-refractivity contribution in [2.75, 3.05) is 11.9 Å². The Hall–Kier alpha value is -1.76. The van der Waals surface area contributed by atoms with E-state index in [4.69, 9.17) is 0 Å². The van der Waals surface area contributed by atoms with Crippen molar-refractivity contribution in [3.8, 4) is 0 Å². The van der Waals surface area contributed by atoms with Crippen LogP contribution in [-0.2, 0) is 0 Å². The molecule has 1 atom stereocenters. The molecule has 2 aromatic carbocycles. The number of hydrogen-bond donors (Lipinski definition) is 1. The van der Waals surface area contributed by atoms with Crippen LogP contribution in [0.2, 0.25) is 0 Å². The largest absolute Gasteiger partial charge is 0.385 e. The maximum Gasteiger partial charge on any atom is 0.0385 e. The topological polar surface area (TPSA) is 12.0 Å². The average Bonchev–Trinajstić information content (AvgIpc) is 2.36. The number of anilines is 1. The molecule has 1 aliphatic carbocycles. The summed E-state index contributed by atoms with van der Waals surface area (Å²) >= 11 is 0. The van der Waals surface area contributed by atoms with E-state index in [1.165, 1.54) is 34.0 Å². The first-order valence-electron chi connectivity index (χ1n) is 5.91. The van der Waals surface area contributed by atoms with Crippen molar-refractivity contribution in [1.82, 2.24) is 0 Å². The van der Waals surface area contributed by atoms with Gasteiger partial charge in [0.05, 0.1) is 0 Å². The Balaban J connectivity index is 2.21. The van der Waals surface area contributed by atoms with E-state index < -0.39 is 0 Å². The van der Waals surface area contributed by atoms with Crippen LogP contribution in [0.25, 0.3) is 16.8 Å². The lowest BCUT2D eigenvalue weighted by Gasteiger charge is -2.29. The van der Waals surface area contributed by atoms with E-state index in [2.05, 4.69) is 47.8 Å². The Labute approximate surface area is 94.8 Å². The number of nitrogens with one attached hydrogen (secondary N) is 1. The second-order valence-electron chi connectivity index (χ2n) is 4.65. The van der Waals surface area contributed by atoms with Crippen LogP contribution in [0.4, 0.5) is 5.69 Å². The van der Waals surface area contributed by atoms with Crippen molar-refractivity contribution in [3.63, 3.8) is 0 Å². The lowest BCUT2D eigenvalue weighted by molar-refractivity contribution is 0.747. The third-order valence-corrected chi connectivity index (χ3v) is 3.77. The Bertz CT molecular complexity index is 610. The maximum absolute atomic E-state index is 3.51. The van der Waals surface area contributed by atoms with E-state index >= 15 is 0 Å². The third kappa shape index (κ3) is 0.955. The zero-order valence-corrected chi connectivity index (χ0v) is 9.03. The Morgan fingerprint density at radius 1 is 1.12 bits per heavy atom. The van der Waals surface area contributed by atoms with E-state index in [1.807, 2.05) is 0 Å². The van der Waals surface area contributed by atoms with Crippen LogP contribution in [0, 0.1) is 0 Å². The summed E-state index contributed by atoms with van der Waals surface area (Å²) in [5, 5.41) is 6.34. The van der Waals surface area contributed by atoms with Crippen molar-refractivity contribution in [2.24, 2.45) is 0 Å². The minimum atomic E-state index is 0.620. The molecule has 4 rings (SSSR count). The molecule has 2 aromatic rings. The normalized spacial score (nSPS) is 20.9. The fourth-order valence-corrected chi connectivity index (χ4v) is 3.03. The molecular formula is C15H13N. The molecular weight excluding hydrogens is 194 g/mol. The van der Waals surface area contributed by atoms with Gasteiger partial charge in [0.25, 0.3) is 0 Å². The van der Waals surface area contributed by atoms with Crippen LogP contribution in [0.15, 0.2) is 36.4 Å². The van der Waals surface area contributed by atoms with Crippen molar-refractivity contribution >= 4 is 22.5 Å². The van der Waals surface area contributed by atoms with Crippen LogP contribution in [-0.4, -0.2) is 6.54 Å². The molecule has 78 valence electrons. The molecule has 1 nitrogen and oxygen atoms in total. The summed E-state index contributed by atoms with van der Waals surface area (Å²) in [6.07, 6.45) is 5.87. The van der Waals surface area contributed by atoms with E-state index in [9.17, 15) is 0 Å². The highest BCUT2D eigenvalue weighted by Gasteiger charge is 2.23. The molecule has 0 saturated heterocycles. The molecule has 1 heteroatoms. The highest BCUT2D eigenvalue weighted by Crippen LogP contribution is 2.42. The van der Waals surface area contributed by atoms with Crippen LogP contribution in [0.1, 0.15) is 23.5 Å². The van der Waals surface area contributed by atoms with Gasteiger partial charge in [-0.1, -0.05) is 36.4 Å². The smallest absolute Gasteiger partial charge is 0.0385 e. The molecule has 2 aliphatic rings. The lowest BCUT2D eigenvalue weighted by atomic mass is 9.81. The second-order valence-corrected chi connectivity index (χ2v) is 4.65. The fourth-order valence-electron chi connectivity index (χ4n) is 3.03. The first kappa shape index (κ1) is 8.40. The van der Waals surface area contributed by atoms with Gasteiger partial charge in [-0.05, 0) is 34.4 Å². The van der Waals surface area contributed by atoms with E-state index in [0.29, 0.717) is 5.92 Å². The lowest BCUT2D eigenvalue weighted by Crippen LogP contribution is -2.17. The van der Waals surface area contributed by atoms with Gasteiger partial charge in [-0.15, -0.1) is 0 Å². The minimum absolute atomic E-state index is 0.620. The summed E-state index contributed by atoms with van der Waals surface area (Å²) < 4.78 is 0. The molecule has 1 N–H and O–H groups in total. The Morgan fingerprint density at radius 2 is 2.12 bits per heavy atom. The summed E-state index contributed by atoms with van der Waals surface area (Å²) in [5.74, 6) is 0.620. The Morgan fingerprint density at radius 3 is 3.12 bits per heavy atom. The van der Waals surface area contributed by atoms with Crippen molar-refractivity contribution in [2.45, 2.75) is 12.3 Å². The molecule has 0 fully saturated rings. The van der Waals surface area contributed by atoms with Crippen LogP contribution >= 0.6 is 0 Å². The van der Waals surface area contributed by atoms with E-state index in [0.717, 1.165) is 6.54 Å². The molecule has 0 saturated carbocycles. The highest BCUT2D eigenvalue weighted by molar-refractivity contribution is 5.99. The molecule has 1 unspecified atom stereocenters. The van der Waals surface area contributed by atoms with Gasteiger partial charge in [0, 0.05) is 18.2 Å². The third-order valence-electron chi connectivity index (χ3n) is 3.77. The molecule has 1 aliphatic heterocycles. The molecule has 0 radical (unpaired) electrons. The van der Waals surface area contributed by atoms with Crippen LogP contribution < -0.4 is 5.32 Å². The van der Waals surface area contributed by atoms with Gasteiger partial charge >= 0.3 is 0 Å². The van der Waals surface area contributed by atoms with E-state index in [-0.39, 0.29) is 0 Å². The van der Waals surface area contributed by atoms with Gasteiger partial charge in [-0.25, -0.2) is 0 Å². The summed E-state index contributed by atoms with van der Waals surface area (Å²) in [5.41, 5.74) is 4.22. The van der Waals surface area contributed by atoms with Crippen LogP contribution in [0.3, 0.4) is 0 Å². The summed E-state index contributed by atoms with van der Waals surface area (Å²) in [6, 6.07) is 11.0. The quantitative estimate of drug-likeness (QED) is 0.693. The maximum atomic E-state index is 3.51. The number of rotatable bonds is 0. The number of allylic oxidation sites excluding steroid dienone is 1. The zero-order valence-electron chi connectivity index (χ0n) is 9.03. The van der Waals surface area contributed by atoms with Gasteiger partial charge in [0.2, 0.25) is 0 Å². The molecule has 0 aromatic heterocycles. The van der Waals surface area contributed by atoms with Crippen LogP contribution in [0.5, 0.6) is 0 Å². The second kappa shape index (κ2) is 2.88. The summed E-state index contributed by atoms with van der Waals surface area (Å²) in [7, 11) is 0. The SMILES string of the molecule is C1=CC2CCNc3ccc4cccc1c4c32. The minimum Gasteiger partial charge on any atom is -0.385 e. The van der Waals surface area contributed by atoms with E-state index in [1.54, 1.807) is 0 Å². The Kier molecular flexibility index (Phi) is 1.51. The standard InChI is InChI=1S/C15H13N/c1-2-10-4-5-12-8-9-16-13-7-6-11(3-1)14(10)15(12)13/h1-7,12,16H,8-9H2. The van der Waals surface area contributed by atoms with Crippen molar-refractivity contribution in [3.05, 3.63) is 47.5 Å². The fraction of sp³-hybridized carbons (Fsp3) is 0.200. The zero-order chi connectivity index (χ0) is 10.5. The van der Waals surface area contributed by atoms with Gasteiger partial charge in [0.1, 0.15) is 0 Å². The first-order valence-corrected chi connectivity index (χ1v) is 5.91. The predicted octanol–water partition coefficient (Wildman–Crippen LogP) is 3.77. The molecule has 16 heavy (non-hydrogen) atoms. The highest BCUT2D eigenvalue weighted by atomic mass is 14.9.